The molecule has 0 bridgehead atoms. The van der Waals surface area contributed by atoms with Gasteiger partial charge in [-0.2, -0.15) is 0 Å². The summed E-state index contributed by atoms with van der Waals surface area (Å²) >= 11 is 8.90. The minimum absolute atomic E-state index is 0.0153. The summed E-state index contributed by atoms with van der Waals surface area (Å²) in [5, 5.41) is -0.0153. The van der Waals surface area contributed by atoms with Gasteiger partial charge in [0.1, 0.15) is 10.0 Å². The molecule has 7 heteroatoms. The smallest absolute Gasteiger partial charge is 0.242 e. The number of aromatic nitrogens is 1. The molecule has 0 spiro atoms. The molecule has 0 unspecified atom stereocenters. The molecular formula is C8H10BrClN2O2S. The van der Waals surface area contributed by atoms with Crippen molar-refractivity contribution in [3.63, 3.8) is 0 Å². The van der Waals surface area contributed by atoms with Crippen molar-refractivity contribution in [2.45, 2.75) is 11.8 Å². The standard InChI is InChI=1S/C8H10BrClN2O2S/c1-3-12(2)15(13,14)7-4-6(9)5-11-8(7)10/h4-5H,3H2,1-2H3. The summed E-state index contributed by atoms with van der Waals surface area (Å²) in [6, 6.07) is 1.44. The van der Waals surface area contributed by atoms with Gasteiger partial charge in [0.15, 0.2) is 0 Å². The van der Waals surface area contributed by atoms with E-state index < -0.39 is 10.0 Å². The summed E-state index contributed by atoms with van der Waals surface area (Å²) in [6.45, 7) is 2.13. The predicted molar refractivity (Wildman–Crippen MR) is 62.4 cm³/mol. The Morgan fingerprint density at radius 1 is 1.60 bits per heavy atom. The van der Waals surface area contributed by atoms with Gasteiger partial charge < -0.3 is 0 Å². The van der Waals surface area contributed by atoms with Crippen LogP contribution in [0.4, 0.5) is 0 Å². The molecule has 0 aliphatic rings. The molecule has 15 heavy (non-hydrogen) atoms. The maximum absolute atomic E-state index is 11.9. The van der Waals surface area contributed by atoms with Crippen LogP contribution in [0.3, 0.4) is 0 Å². The fourth-order valence-electron chi connectivity index (χ4n) is 0.923. The Balaban J connectivity index is 3.33. The number of hydrogen-bond acceptors (Lipinski definition) is 3. The molecule has 0 saturated carbocycles. The van der Waals surface area contributed by atoms with Crippen molar-refractivity contribution in [3.05, 3.63) is 21.9 Å². The van der Waals surface area contributed by atoms with Gasteiger partial charge >= 0.3 is 0 Å². The first-order valence-corrected chi connectivity index (χ1v) is 6.78. The molecule has 0 atom stereocenters. The molecule has 4 nitrogen and oxygen atoms in total. The lowest BCUT2D eigenvalue weighted by Gasteiger charge is -2.15. The summed E-state index contributed by atoms with van der Waals surface area (Å²) in [5.74, 6) is 0. The van der Waals surface area contributed by atoms with Gasteiger partial charge in [0.05, 0.1) is 0 Å². The van der Waals surface area contributed by atoms with Gasteiger partial charge in [-0.3, -0.25) is 0 Å². The molecule has 1 aromatic rings. The number of pyridine rings is 1. The van der Waals surface area contributed by atoms with E-state index in [4.69, 9.17) is 11.6 Å². The Hall–Kier alpha value is -0.170. The van der Waals surface area contributed by atoms with E-state index in [2.05, 4.69) is 20.9 Å². The van der Waals surface area contributed by atoms with Crippen LogP contribution in [0.15, 0.2) is 21.6 Å². The minimum atomic E-state index is -3.53. The molecule has 0 aliphatic carbocycles. The highest BCUT2D eigenvalue weighted by Gasteiger charge is 2.23. The van der Waals surface area contributed by atoms with E-state index in [9.17, 15) is 8.42 Å². The second-order valence-electron chi connectivity index (χ2n) is 2.86. The van der Waals surface area contributed by atoms with Crippen molar-refractivity contribution in [2.24, 2.45) is 0 Å². The molecule has 0 aliphatic heterocycles. The fourth-order valence-corrected chi connectivity index (χ4v) is 3.02. The minimum Gasteiger partial charge on any atom is -0.242 e. The molecule has 1 heterocycles. The van der Waals surface area contributed by atoms with Crippen molar-refractivity contribution in [1.29, 1.82) is 0 Å². The van der Waals surface area contributed by atoms with Gasteiger partial charge in [-0.15, -0.1) is 0 Å². The number of nitrogens with zero attached hydrogens (tertiary/aromatic N) is 2. The van der Waals surface area contributed by atoms with Crippen molar-refractivity contribution >= 4 is 37.6 Å². The summed E-state index contributed by atoms with van der Waals surface area (Å²) in [6.07, 6.45) is 1.45. The first-order chi connectivity index (χ1) is 6.89. The zero-order valence-corrected chi connectivity index (χ0v) is 11.4. The number of hydrogen-bond donors (Lipinski definition) is 0. The monoisotopic (exact) mass is 312 g/mol. The third kappa shape index (κ3) is 2.69. The first-order valence-electron chi connectivity index (χ1n) is 4.17. The summed E-state index contributed by atoms with van der Waals surface area (Å²) < 4.78 is 25.6. The normalized spacial score (nSPS) is 12.1. The lowest BCUT2D eigenvalue weighted by atomic mass is 10.5. The number of halogens is 2. The molecule has 0 N–H and O–H groups in total. The van der Waals surface area contributed by atoms with E-state index in [1.165, 1.54) is 23.6 Å². The van der Waals surface area contributed by atoms with Crippen LogP contribution in [0.5, 0.6) is 0 Å². The molecule has 1 aromatic heterocycles. The molecule has 0 aromatic carbocycles. The summed E-state index contributed by atoms with van der Waals surface area (Å²) in [4.78, 5) is 3.79. The van der Waals surface area contributed by atoms with Crippen LogP contribution >= 0.6 is 27.5 Å². The van der Waals surface area contributed by atoms with E-state index in [1.54, 1.807) is 6.92 Å². The van der Waals surface area contributed by atoms with E-state index in [0.29, 0.717) is 11.0 Å². The van der Waals surface area contributed by atoms with Crippen LogP contribution in [-0.4, -0.2) is 31.3 Å². The van der Waals surface area contributed by atoms with E-state index in [1.807, 2.05) is 0 Å². The van der Waals surface area contributed by atoms with Crippen molar-refractivity contribution in [2.75, 3.05) is 13.6 Å². The van der Waals surface area contributed by atoms with Gasteiger partial charge in [-0.1, -0.05) is 18.5 Å². The predicted octanol–water partition coefficient (Wildman–Crippen LogP) is 2.14. The number of sulfonamides is 1. The van der Waals surface area contributed by atoms with E-state index >= 15 is 0 Å². The van der Waals surface area contributed by atoms with Gasteiger partial charge in [0, 0.05) is 24.3 Å². The second kappa shape index (κ2) is 4.78. The van der Waals surface area contributed by atoms with Crippen molar-refractivity contribution < 1.29 is 8.42 Å². The Morgan fingerprint density at radius 3 is 2.73 bits per heavy atom. The molecule has 0 saturated heterocycles. The van der Waals surface area contributed by atoms with Gasteiger partial charge in [-0.05, 0) is 22.0 Å². The zero-order chi connectivity index (χ0) is 11.6. The SMILES string of the molecule is CCN(C)S(=O)(=O)c1cc(Br)cnc1Cl. The molecule has 0 amide bonds. The maximum atomic E-state index is 11.9. The average Bonchev–Trinajstić information content (AvgIpc) is 2.20. The average molecular weight is 314 g/mol. The lowest BCUT2D eigenvalue weighted by Crippen LogP contribution is -2.26. The molecule has 1 rings (SSSR count). The Morgan fingerprint density at radius 2 is 2.20 bits per heavy atom. The largest absolute Gasteiger partial charge is 0.245 e. The van der Waals surface area contributed by atoms with Gasteiger partial charge in [0.2, 0.25) is 10.0 Å². The Kier molecular flexibility index (Phi) is 4.11. The third-order valence-corrected chi connectivity index (χ3v) is 4.70. The molecule has 0 radical (unpaired) electrons. The van der Waals surface area contributed by atoms with Crippen LogP contribution in [0.25, 0.3) is 0 Å². The summed E-state index contributed by atoms with van der Waals surface area (Å²) in [5.41, 5.74) is 0. The second-order valence-corrected chi connectivity index (χ2v) is 6.15. The van der Waals surface area contributed by atoms with Gasteiger partial charge in [0.25, 0.3) is 0 Å². The Bertz CT molecular complexity index is 464. The number of rotatable bonds is 3. The Labute approximate surface area is 102 Å². The highest BCUT2D eigenvalue weighted by Crippen LogP contribution is 2.24. The topological polar surface area (TPSA) is 50.3 Å². The summed E-state index contributed by atoms with van der Waals surface area (Å²) in [7, 11) is -2.04. The molecular weight excluding hydrogens is 304 g/mol. The van der Waals surface area contributed by atoms with Gasteiger partial charge in [-0.25, -0.2) is 17.7 Å². The van der Waals surface area contributed by atoms with Crippen molar-refractivity contribution in [3.8, 4) is 0 Å². The highest BCUT2D eigenvalue weighted by atomic mass is 79.9. The van der Waals surface area contributed by atoms with Crippen LogP contribution < -0.4 is 0 Å². The van der Waals surface area contributed by atoms with Crippen LogP contribution in [-0.2, 0) is 10.0 Å². The zero-order valence-electron chi connectivity index (χ0n) is 8.24. The third-order valence-electron chi connectivity index (χ3n) is 1.91. The highest BCUT2D eigenvalue weighted by molar-refractivity contribution is 9.10. The fraction of sp³-hybridized carbons (Fsp3) is 0.375. The van der Waals surface area contributed by atoms with Crippen LogP contribution in [0.1, 0.15) is 6.92 Å². The maximum Gasteiger partial charge on any atom is 0.245 e. The van der Waals surface area contributed by atoms with Crippen molar-refractivity contribution in [1.82, 2.24) is 9.29 Å². The lowest BCUT2D eigenvalue weighted by molar-refractivity contribution is 0.486. The van der Waals surface area contributed by atoms with E-state index in [-0.39, 0.29) is 10.0 Å². The van der Waals surface area contributed by atoms with Crippen LogP contribution in [0, 0.1) is 0 Å². The molecule has 0 fully saturated rings. The first kappa shape index (κ1) is 12.9. The quantitative estimate of drug-likeness (QED) is 0.803. The van der Waals surface area contributed by atoms with Crippen LogP contribution in [0.2, 0.25) is 5.15 Å². The van der Waals surface area contributed by atoms with E-state index in [0.717, 1.165) is 0 Å². The molecule has 84 valence electrons.